The summed E-state index contributed by atoms with van der Waals surface area (Å²) in [5.41, 5.74) is 4.09. The molecular weight excluding hydrogens is 480 g/mol. The third kappa shape index (κ3) is 3.64. The fourth-order valence-corrected chi connectivity index (χ4v) is 4.81. The molecule has 2 atom stereocenters. The second-order valence-electron chi connectivity index (χ2n) is 7.42. The highest BCUT2D eigenvalue weighted by Crippen LogP contribution is 2.48. The van der Waals surface area contributed by atoms with Gasteiger partial charge in [0.05, 0.1) is 30.4 Å². The summed E-state index contributed by atoms with van der Waals surface area (Å²) in [7, 11) is 3.32. The van der Waals surface area contributed by atoms with E-state index in [0.29, 0.717) is 5.02 Å². The molecule has 2 aliphatic rings. The first-order valence-corrected chi connectivity index (χ1v) is 11.0. The summed E-state index contributed by atoms with van der Waals surface area (Å²) in [6.45, 7) is 0. The Bertz CT molecular complexity index is 1170. The van der Waals surface area contributed by atoms with Crippen LogP contribution in [0.15, 0.2) is 70.2 Å². The standard InChI is InChI=1S/C24H20BrClN2O3/c1-29-17-7-3-14(4-8-17)20-13-21-18-12-16(26)6-10-22(18)31-24(28(21)27-20)15-5-9-23(30-2)19(25)11-15/h3-12,21,24H,13H2,1-2H3. The Morgan fingerprint density at radius 2 is 1.84 bits per heavy atom. The molecule has 0 saturated carbocycles. The van der Waals surface area contributed by atoms with E-state index in [0.717, 1.165) is 50.5 Å². The van der Waals surface area contributed by atoms with Gasteiger partial charge in [-0.3, -0.25) is 0 Å². The maximum Gasteiger partial charge on any atom is 0.213 e. The number of hydrogen-bond acceptors (Lipinski definition) is 5. The van der Waals surface area contributed by atoms with E-state index >= 15 is 0 Å². The van der Waals surface area contributed by atoms with Gasteiger partial charge in [-0.25, -0.2) is 5.01 Å². The van der Waals surface area contributed by atoms with E-state index in [9.17, 15) is 0 Å². The summed E-state index contributed by atoms with van der Waals surface area (Å²) >= 11 is 9.90. The molecule has 0 aliphatic carbocycles. The summed E-state index contributed by atoms with van der Waals surface area (Å²) < 4.78 is 18.0. The highest BCUT2D eigenvalue weighted by atomic mass is 79.9. The van der Waals surface area contributed by atoms with Crippen molar-refractivity contribution in [2.75, 3.05) is 14.2 Å². The minimum absolute atomic E-state index is 0.0328. The monoisotopic (exact) mass is 498 g/mol. The van der Waals surface area contributed by atoms with Crippen LogP contribution < -0.4 is 14.2 Å². The van der Waals surface area contributed by atoms with Gasteiger partial charge in [-0.15, -0.1) is 0 Å². The van der Waals surface area contributed by atoms with Crippen molar-refractivity contribution >= 4 is 33.2 Å². The molecule has 2 unspecified atom stereocenters. The van der Waals surface area contributed by atoms with Crippen molar-refractivity contribution in [1.82, 2.24) is 5.01 Å². The summed E-state index contributed by atoms with van der Waals surface area (Å²) in [4.78, 5) is 0. The smallest absolute Gasteiger partial charge is 0.213 e. The number of fused-ring (bicyclic) bond motifs is 3. The van der Waals surface area contributed by atoms with Crippen LogP contribution in [0.25, 0.3) is 0 Å². The van der Waals surface area contributed by atoms with Crippen LogP contribution in [0.4, 0.5) is 0 Å². The predicted molar refractivity (Wildman–Crippen MR) is 124 cm³/mol. The predicted octanol–water partition coefficient (Wildman–Crippen LogP) is 6.36. The lowest BCUT2D eigenvalue weighted by atomic mass is 9.96. The van der Waals surface area contributed by atoms with Crippen LogP contribution in [0, 0.1) is 0 Å². The van der Waals surface area contributed by atoms with Crippen molar-refractivity contribution in [3.8, 4) is 17.2 Å². The van der Waals surface area contributed by atoms with Gasteiger partial charge >= 0.3 is 0 Å². The number of benzene rings is 3. The maximum absolute atomic E-state index is 6.41. The number of hydrazone groups is 1. The molecule has 158 valence electrons. The van der Waals surface area contributed by atoms with Crippen LogP contribution in [0.1, 0.15) is 35.4 Å². The van der Waals surface area contributed by atoms with Gasteiger partial charge in [0.1, 0.15) is 17.2 Å². The number of rotatable bonds is 4. The minimum atomic E-state index is -0.364. The average Bonchev–Trinajstić information content (AvgIpc) is 3.24. The lowest BCUT2D eigenvalue weighted by molar-refractivity contribution is -0.0190. The largest absolute Gasteiger partial charge is 0.497 e. The molecule has 31 heavy (non-hydrogen) atoms. The van der Waals surface area contributed by atoms with Crippen LogP contribution in [-0.4, -0.2) is 24.9 Å². The van der Waals surface area contributed by atoms with Gasteiger partial charge in [-0.1, -0.05) is 11.6 Å². The lowest BCUT2D eigenvalue weighted by Gasteiger charge is -2.38. The zero-order valence-electron chi connectivity index (χ0n) is 17.0. The first kappa shape index (κ1) is 20.2. The van der Waals surface area contributed by atoms with Crippen molar-refractivity contribution in [2.24, 2.45) is 5.10 Å². The highest BCUT2D eigenvalue weighted by Gasteiger charge is 2.41. The molecule has 0 bridgehead atoms. The van der Waals surface area contributed by atoms with E-state index in [1.165, 1.54) is 0 Å². The number of hydrogen-bond donors (Lipinski definition) is 0. The Morgan fingerprint density at radius 1 is 1.03 bits per heavy atom. The first-order chi connectivity index (χ1) is 15.1. The molecule has 5 rings (SSSR count). The molecule has 2 heterocycles. The molecule has 0 saturated heterocycles. The first-order valence-electron chi connectivity index (χ1n) is 9.87. The molecule has 0 radical (unpaired) electrons. The molecule has 0 fully saturated rings. The molecule has 7 heteroatoms. The Labute approximate surface area is 194 Å². The third-order valence-corrected chi connectivity index (χ3v) is 6.49. The van der Waals surface area contributed by atoms with Crippen LogP contribution >= 0.6 is 27.5 Å². The quantitative estimate of drug-likeness (QED) is 0.419. The highest BCUT2D eigenvalue weighted by molar-refractivity contribution is 9.10. The summed E-state index contributed by atoms with van der Waals surface area (Å²) in [5.74, 6) is 2.42. The summed E-state index contributed by atoms with van der Waals surface area (Å²) in [5, 5.41) is 7.71. The molecule has 5 nitrogen and oxygen atoms in total. The van der Waals surface area contributed by atoms with E-state index < -0.39 is 0 Å². The fraction of sp³-hybridized carbons (Fsp3) is 0.208. The van der Waals surface area contributed by atoms with Crippen molar-refractivity contribution in [3.63, 3.8) is 0 Å². The van der Waals surface area contributed by atoms with Crippen LogP contribution in [0.5, 0.6) is 17.2 Å². The van der Waals surface area contributed by atoms with Gasteiger partial charge in [-0.2, -0.15) is 5.10 Å². The third-order valence-electron chi connectivity index (χ3n) is 5.64. The zero-order valence-corrected chi connectivity index (χ0v) is 19.4. The number of nitrogens with zero attached hydrogens (tertiary/aromatic N) is 2. The van der Waals surface area contributed by atoms with Gasteiger partial charge in [0, 0.05) is 22.6 Å². The maximum atomic E-state index is 6.41. The van der Waals surface area contributed by atoms with E-state index in [1.54, 1.807) is 14.2 Å². The molecule has 0 spiro atoms. The van der Waals surface area contributed by atoms with Crippen LogP contribution in [0.2, 0.25) is 5.02 Å². The number of methoxy groups -OCH3 is 2. The molecule has 0 aromatic heterocycles. The van der Waals surface area contributed by atoms with Crippen molar-refractivity contribution < 1.29 is 14.2 Å². The van der Waals surface area contributed by atoms with Crippen molar-refractivity contribution in [1.29, 1.82) is 0 Å². The molecule has 0 amide bonds. The molecule has 2 aliphatic heterocycles. The Morgan fingerprint density at radius 3 is 2.55 bits per heavy atom. The Hall–Kier alpha value is -2.70. The fourth-order valence-electron chi connectivity index (χ4n) is 4.07. The van der Waals surface area contributed by atoms with Crippen LogP contribution in [0.3, 0.4) is 0 Å². The van der Waals surface area contributed by atoms with Gasteiger partial charge in [-0.05, 0) is 82.2 Å². The second-order valence-corrected chi connectivity index (χ2v) is 8.71. The number of halogens is 2. The Kier molecular flexibility index (Phi) is 5.28. The molecule has 0 N–H and O–H groups in total. The van der Waals surface area contributed by atoms with Crippen LogP contribution in [-0.2, 0) is 0 Å². The van der Waals surface area contributed by atoms with Crippen molar-refractivity contribution in [2.45, 2.75) is 18.7 Å². The van der Waals surface area contributed by atoms with Gasteiger partial charge in [0.15, 0.2) is 0 Å². The number of ether oxygens (including phenoxy) is 3. The van der Waals surface area contributed by atoms with Gasteiger partial charge in [0.2, 0.25) is 6.23 Å². The SMILES string of the molecule is COc1ccc(C2=NN3C(C2)c2cc(Cl)ccc2OC3c2ccc(OC)c(Br)c2)cc1. The van der Waals surface area contributed by atoms with E-state index in [2.05, 4.69) is 15.9 Å². The summed E-state index contributed by atoms with van der Waals surface area (Å²) in [6.07, 6.45) is 0.397. The zero-order chi connectivity index (χ0) is 21.5. The molecule has 3 aromatic rings. The second kappa shape index (κ2) is 8.09. The van der Waals surface area contributed by atoms with Crippen molar-refractivity contribution in [3.05, 3.63) is 86.8 Å². The van der Waals surface area contributed by atoms with Gasteiger partial charge in [0.25, 0.3) is 0 Å². The summed E-state index contributed by atoms with van der Waals surface area (Å²) in [6, 6.07) is 19.7. The van der Waals surface area contributed by atoms with E-state index in [4.69, 9.17) is 30.9 Å². The average molecular weight is 500 g/mol. The van der Waals surface area contributed by atoms with E-state index in [1.807, 2.05) is 65.7 Å². The molecule has 3 aromatic carbocycles. The lowest BCUT2D eigenvalue weighted by Crippen LogP contribution is -2.33. The minimum Gasteiger partial charge on any atom is -0.497 e. The van der Waals surface area contributed by atoms with Gasteiger partial charge < -0.3 is 14.2 Å². The Balaban J connectivity index is 1.57. The molecular formula is C24H20BrClN2O3. The normalized spacial score (nSPS) is 19.2. The van der Waals surface area contributed by atoms with E-state index in [-0.39, 0.29) is 12.3 Å². The topological polar surface area (TPSA) is 43.3 Å².